The molecule has 0 unspecified atom stereocenters. The second-order valence-electron chi connectivity index (χ2n) is 8.84. The largest absolute Gasteiger partial charge is 0.244 e. The Kier molecular flexibility index (Phi) is 4.18. The topological polar surface area (TPSA) is 24.7 Å². The number of rotatable bonds is 2. The molecule has 7 rings (SSSR count). The average molecular weight is 481 g/mol. The van der Waals surface area contributed by atoms with Crippen molar-refractivity contribution in [2.24, 2.45) is 9.98 Å². The highest BCUT2D eigenvalue weighted by atomic mass is 32.2. The van der Waals surface area contributed by atoms with Crippen molar-refractivity contribution >= 4 is 66.4 Å². The van der Waals surface area contributed by atoms with E-state index in [9.17, 15) is 0 Å². The molecular weight excluding hydrogens is 461 g/mol. The summed E-state index contributed by atoms with van der Waals surface area (Å²) in [5.74, 6) is 0. The Labute approximate surface area is 204 Å². The number of aliphatic imine (C=N–C) groups is 2. The molecule has 2 nitrogen and oxygen atoms in total. The van der Waals surface area contributed by atoms with E-state index in [4.69, 9.17) is 9.98 Å². The highest BCUT2D eigenvalue weighted by molar-refractivity contribution is 8.20. The van der Waals surface area contributed by atoms with Crippen LogP contribution in [-0.4, -0.2) is 19.6 Å². The predicted molar refractivity (Wildman–Crippen MR) is 146 cm³/mol. The van der Waals surface area contributed by atoms with E-state index in [-0.39, 0.29) is 9.49 Å². The standard InChI is InChI=1S/C28H20N2S3/c1-27-23(29-25(32-27)17-11-5-3-6-12-17)21-19-15-9-10-16-20(19)31-22(21)24-28(27,2)33-26(30-24)18-13-7-4-8-14-18/h3-16H,1-2H3/t27-,28-/m1/s1. The van der Waals surface area contributed by atoms with Crippen LogP contribution in [0.25, 0.3) is 21.5 Å². The van der Waals surface area contributed by atoms with Gasteiger partial charge in [0.05, 0.1) is 25.4 Å². The van der Waals surface area contributed by atoms with Crippen LogP contribution >= 0.6 is 34.9 Å². The first kappa shape index (κ1) is 19.8. The van der Waals surface area contributed by atoms with E-state index < -0.39 is 0 Å². The SMILES string of the molecule is C[C@@]12SC(c3ccccc3)=NC1=c1sc3ccccc3c1=C1N=C(c3ccccc3)S[C@]12C. The zero-order valence-corrected chi connectivity index (χ0v) is 20.7. The first-order valence-electron chi connectivity index (χ1n) is 11.0. The molecule has 0 radical (unpaired) electrons. The van der Waals surface area contributed by atoms with Gasteiger partial charge in [-0.3, -0.25) is 0 Å². The minimum Gasteiger partial charge on any atom is -0.244 e. The van der Waals surface area contributed by atoms with Crippen molar-refractivity contribution < 1.29 is 0 Å². The lowest BCUT2D eigenvalue weighted by Gasteiger charge is -2.42. The van der Waals surface area contributed by atoms with Crippen molar-refractivity contribution in [2.45, 2.75) is 23.3 Å². The maximum Gasteiger partial charge on any atom is 0.105 e. The fourth-order valence-electron chi connectivity index (χ4n) is 5.01. The Morgan fingerprint density at radius 3 is 1.76 bits per heavy atom. The summed E-state index contributed by atoms with van der Waals surface area (Å²) in [6, 6.07) is 29.9. The average Bonchev–Trinajstić information content (AvgIpc) is 3.52. The van der Waals surface area contributed by atoms with E-state index in [1.54, 1.807) is 0 Å². The number of benzene rings is 3. The Morgan fingerprint density at radius 1 is 0.606 bits per heavy atom. The molecule has 5 heteroatoms. The maximum absolute atomic E-state index is 5.34. The van der Waals surface area contributed by atoms with E-state index in [0.717, 1.165) is 10.1 Å². The van der Waals surface area contributed by atoms with Gasteiger partial charge in [0.2, 0.25) is 0 Å². The van der Waals surface area contributed by atoms with Gasteiger partial charge in [0.1, 0.15) is 10.1 Å². The smallest absolute Gasteiger partial charge is 0.105 e. The zero-order chi connectivity index (χ0) is 22.2. The van der Waals surface area contributed by atoms with Crippen molar-refractivity contribution in [1.82, 2.24) is 0 Å². The highest BCUT2D eigenvalue weighted by Crippen LogP contribution is 2.62. The van der Waals surface area contributed by atoms with Gasteiger partial charge in [-0.05, 0) is 19.9 Å². The number of fused-ring (bicyclic) bond motifs is 6. The van der Waals surface area contributed by atoms with Crippen molar-refractivity contribution in [3.05, 3.63) is 106 Å². The first-order valence-corrected chi connectivity index (χ1v) is 13.5. The molecule has 0 saturated heterocycles. The van der Waals surface area contributed by atoms with Gasteiger partial charge in [-0.2, -0.15) is 0 Å². The van der Waals surface area contributed by atoms with Gasteiger partial charge < -0.3 is 0 Å². The van der Waals surface area contributed by atoms with E-state index in [0.29, 0.717) is 0 Å². The van der Waals surface area contributed by atoms with Gasteiger partial charge >= 0.3 is 0 Å². The van der Waals surface area contributed by atoms with E-state index in [1.165, 1.54) is 42.4 Å². The van der Waals surface area contributed by atoms with Gasteiger partial charge in [-0.25, -0.2) is 9.98 Å². The van der Waals surface area contributed by atoms with Gasteiger partial charge in [-0.15, -0.1) is 11.3 Å². The third-order valence-corrected chi connectivity index (χ3v) is 11.3. The quantitative estimate of drug-likeness (QED) is 0.350. The molecule has 0 saturated carbocycles. The van der Waals surface area contributed by atoms with Gasteiger partial charge in [0.15, 0.2) is 0 Å². The van der Waals surface area contributed by atoms with Gasteiger partial charge in [0.25, 0.3) is 0 Å². The molecule has 160 valence electrons. The first-order chi connectivity index (χ1) is 16.1. The van der Waals surface area contributed by atoms with Crippen LogP contribution in [0.1, 0.15) is 25.0 Å². The van der Waals surface area contributed by atoms with E-state index >= 15 is 0 Å². The summed E-state index contributed by atoms with van der Waals surface area (Å²) in [4.78, 5) is 10.7. The van der Waals surface area contributed by atoms with Crippen LogP contribution in [0.2, 0.25) is 0 Å². The molecule has 0 spiro atoms. The molecule has 1 aliphatic carbocycles. The monoisotopic (exact) mass is 480 g/mol. The molecule has 0 fully saturated rings. The maximum atomic E-state index is 5.34. The molecule has 0 N–H and O–H groups in total. The molecule has 3 heterocycles. The summed E-state index contributed by atoms with van der Waals surface area (Å²) in [5, 5.41) is 4.78. The minimum atomic E-state index is -0.227. The fraction of sp³-hybridized carbons (Fsp3) is 0.143. The van der Waals surface area contributed by atoms with Crippen LogP contribution in [0.5, 0.6) is 0 Å². The van der Waals surface area contributed by atoms with Crippen LogP contribution in [0.15, 0.2) is 94.9 Å². The third kappa shape index (κ3) is 2.64. The molecule has 3 aliphatic rings. The Morgan fingerprint density at radius 2 is 1.12 bits per heavy atom. The van der Waals surface area contributed by atoms with Crippen LogP contribution in [0, 0.1) is 0 Å². The Bertz CT molecular complexity index is 1630. The lowest BCUT2D eigenvalue weighted by Crippen LogP contribution is -2.52. The number of hydrogen-bond donors (Lipinski definition) is 0. The summed E-state index contributed by atoms with van der Waals surface area (Å²) in [5.41, 5.74) is 4.77. The predicted octanol–water partition coefficient (Wildman–Crippen LogP) is 6.04. The third-order valence-electron chi connectivity index (χ3n) is 6.93. The molecule has 2 atom stereocenters. The van der Waals surface area contributed by atoms with E-state index in [2.05, 4.69) is 98.8 Å². The second kappa shape index (κ2) is 6.95. The molecule has 0 bridgehead atoms. The van der Waals surface area contributed by atoms with Gasteiger partial charge in [0, 0.05) is 26.4 Å². The van der Waals surface area contributed by atoms with Crippen LogP contribution in [0.4, 0.5) is 0 Å². The summed E-state index contributed by atoms with van der Waals surface area (Å²) in [7, 11) is 0. The van der Waals surface area contributed by atoms with Crippen LogP contribution in [-0.2, 0) is 0 Å². The van der Waals surface area contributed by atoms with Crippen molar-refractivity contribution in [2.75, 3.05) is 0 Å². The van der Waals surface area contributed by atoms with Crippen molar-refractivity contribution in [3.8, 4) is 0 Å². The zero-order valence-electron chi connectivity index (χ0n) is 18.2. The molecule has 2 aliphatic heterocycles. The number of hydrogen-bond acceptors (Lipinski definition) is 5. The normalized spacial score (nSPS) is 25.5. The van der Waals surface area contributed by atoms with Crippen LogP contribution in [0.3, 0.4) is 0 Å². The van der Waals surface area contributed by atoms with Crippen molar-refractivity contribution in [3.63, 3.8) is 0 Å². The Hall–Kier alpha value is -2.60. The fourth-order valence-corrected chi connectivity index (χ4v) is 9.25. The van der Waals surface area contributed by atoms with E-state index in [1.807, 2.05) is 34.9 Å². The number of thiophene rings is 1. The summed E-state index contributed by atoms with van der Waals surface area (Å²) >= 11 is 5.66. The molecule has 4 aromatic rings. The summed E-state index contributed by atoms with van der Waals surface area (Å²) in [6.07, 6.45) is 0. The Balaban J connectivity index is 1.59. The van der Waals surface area contributed by atoms with Crippen LogP contribution < -0.4 is 9.75 Å². The molecule has 33 heavy (non-hydrogen) atoms. The molecular formula is C28H20N2S3. The lowest BCUT2D eigenvalue weighted by atomic mass is 9.83. The molecule has 0 amide bonds. The lowest BCUT2D eigenvalue weighted by molar-refractivity contribution is 0.674. The summed E-state index contributed by atoms with van der Waals surface area (Å²) in [6.45, 7) is 4.74. The number of thioether (sulfide) groups is 2. The van der Waals surface area contributed by atoms with Crippen molar-refractivity contribution in [1.29, 1.82) is 0 Å². The molecule has 3 aromatic carbocycles. The second-order valence-corrected chi connectivity index (χ2v) is 12.7. The minimum absolute atomic E-state index is 0.216. The van der Waals surface area contributed by atoms with Gasteiger partial charge in [-0.1, -0.05) is 102 Å². The highest BCUT2D eigenvalue weighted by Gasteiger charge is 2.60. The number of nitrogens with zero attached hydrogens (tertiary/aromatic N) is 2. The molecule has 1 aromatic heterocycles. The summed E-state index contributed by atoms with van der Waals surface area (Å²) < 4.78 is 2.14.